The summed E-state index contributed by atoms with van der Waals surface area (Å²) in [6.45, 7) is 4.94. The summed E-state index contributed by atoms with van der Waals surface area (Å²) in [7, 11) is 0. The Morgan fingerprint density at radius 3 is 3.04 bits per heavy atom. The predicted molar refractivity (Wildman–Crippen MR) is 104 cm³/mol. The first kappa shape index (κ1) is 17.5. The van der Waals surface area contributed by atoms with Gasteiger partial charge in [0.2, 0.25) is 0 Å². The van der Waals surface area contributed by atoms with Crippen LogP contribution in [0.15, 0.2) is 42.6 Å². The third-order valence-corrected chi connectivity index (χ3v) is 5.13. The van der Waals surface area contributed by atoms with Crippen LogP contribution in [0.4, 0.5) is 0 Å². The molecule has 0 radical (unpaired) electrons. The molecule has 3 heterocycles. The van der Waals surface area contributed by atoms with Crippen molar-refractivity contribution in [3.05, 3.63) is 70.6 Å². The van der Waals surface area contributed by atoms with E-state index in [1.54, 1.807) is 11.6 Å². The smallest absolute Gasteiger partial charge is 0.267 e. The number of H-pyrrole nitrogens is 1. The Kier molecular flexibility index (Phi) is 4.75. The molecule has 0 aliphatic carbocycles. The number of fused-ring (bicyclic) bond motifs is 2. The number of amides is 1. The number of aromatic amines is 1. The largest absolute Gasteiger partial charge is 0.343 e. The fourth-order valence-corrected chi connectivity index (χ4v) is 3.75. The molecule has 1 amide bonds. The molecule has 4 rings (SSSR count). The molecule has 3 aromatic rings. The monoisotopic (exact) mass is 362 g/mol. The van der Waals surface area contributed by atoms with Gasteiger partial charge in [-0.1, -0.05) is 18.2 Å². The summed E-state index contributed by atoms with van der Waals surface area (Å²) in [6, 6.07) is 10.3. The molecule has 0 saturated carbocycles. The Morgan fingerprint density at radius 2 is 2.19 bits per heavy atom. The number of nitrogens with zero attached hydrogens (tertiary/aromatic N) is 2. The highest BCUT2D eigenvalue weighted by Crippen LogP contribution is 2.26. The second kappa shape index (κ2) is 7.34. The van der Waals surface area contributed by atoms with Gasteiger partial charge in [-0.25, -0.2) is 10.5 Å². The van der Waals surface area contributed by atoms with Gasteiger partial charge < -0.3 is 4.98 Å². The van der Waals surface area contributed by atoms with Gasteiger partial charge in [-0.05, 0) is 53.8 Å². The van der Waals surface area contributed by atoms with Crippen molar-refractivity contribution in [1.29, 1.82) is 0 Å². The minimum absolute atomic E-state index is 0.527. The molecule has 6 heteroatoms. The van der Waals surface area contributed by atoms with Crippen LogP contribution in [-0.4, -0.2) is 32.5 Å². The molecule has 1 aliphatic rings. The van der Waals surface area contributed by atoms with Gasteiger partial charge in [0.15, 0.2) is 0 Å². The van der Waals surface area contributed by atoms with Crippen molar-refractivity contribution in [1.82, 2.24) is 20.3 Å². The van der Waals surface area contributed by atoms with E-state index in [1.165, 1.54) is 33.8 Å². The van der Waals surface area contributed by atoms with Gasteiger partial charge in [0, 0.05) is 43.0 Å². The van der Waals surface area contributed by atoms with Crippen LogP contribution in [0.25, 0.3) is 17.1 Å². The van der Waals surface area contributed by atoms with Crippen molar-refractivity contribution in [2.24, 2.45) is 0 Å². The van der Waals surface area contributed by atoms with Crippen LogP contribution in [0.5, 0.6) is 0 Å². The van der Waals surface area contributed by atoms with E-state index < -0.39 is 5.91 Å². The summed E-state index contributed by atoms with van der Waals surface area (Å²) in [4.78, 5) is 21.3. The third kappa shape index (κ3) is 3.63. The van der Waals surface area contributed by atoms with Gasteiger partial charge in [0.1, 0.15) is 5.65 Å². The number of pyridine rings is 1. The highest BCUT2D eigenvalue weighted by molar-refractivity contribution is 5.90. The normalized spacial score (nSPS) is 14.1. The van der Waals surface area contributed by atoms with E-state index in [2.05, 4.69) is 40.0 Å². The van der Waals surface area contributed by atoms with Crippen molar-refractivity contribution in [3.8, 4) is 0 Å². The molecule has 0 bridgehead atoms. The maximum absolute atomic E-state index is 11.1. The summed E-state index contributed by atoms with van der Waals surface area (Å²) in [6.07, 6.45) is 5.82. The van der Waals surface area contributed by atoms with Crippen LogP contribution in [0.1, 0.15) is 27.9 Å². The standard InChI is InChI=1S/C21H22N4O2/c1-14-18(19-3-2-9-22-21(19)23-14)8-10-25-12-16-6-4-15(11-17(16)13-25)5-7-20(26)24-27/h2-7,9,11,27H,8,10,12-13H2,1H3,(H,22,23)(H,24,26). The average Bonchev–Trinajstić information content (AvgIpc) is 3.23. The third-order valence-electron chi connectivity index (χ3n) is 5.13. The Bertz CT molecular complexity index is 1020. The van der Waals surface area contributed by atoms with E-state index in [-0.39, 0.29) is 0 Å². The highest BCUT2D eigenvalue weighted by atomic mass is 16.5. The maximum atomic E-state index is 11.1. The van der Waals surface area contributed by atoms with Crippen LogP contribution in [0.2, 0.25) is 0 Å². The van der Waals surface area contributed by atoms with Gasteiger partial charge in [-0.2, -0.15) is 0 Å². The lowest BCUT2D eigenvalue weighted by Gasteiger charge is -2.14. The molecule has 1 aliphatic heterocycles. The van der Waals surface area contributed by atoms with Crippen LogP contribution in [0.3, 0.4) is 0 Å². The van der Waals surface area contributed by atoms with Crippen molar-refractivity contribution >= 4 is 23.0 Å². The first-order valence-corrected chi connectivity index (χ1v) is 9.02. The Hall–Kier alpha value is -2.96. The minimum Gasteiger partial charge on any atom is -0.343 e. The first-order chi connectivity index (χ1) is 13.1. The molecule has 1 aromatic carbocycles. The molecule has 0 spiro atoms. The zero-order chi connectivity index (χ0) is 18.8. The van der Waals surface area contributed by atoms with Crippen LogP contribution >= 0.6 is 0 Å². The van der Waals surface area contributed by atoms with E-state index in [9.17, 15) is 4.79 Å². The molecular weight excluding hydrogens is 340 g/mol. The number of aromatic nitrogens is 2. The number of carbonyl (C=O) groups excluding carboxylic acids is 1. The fraction of sp³-hybridized carbons (Fsp3) is 0.238. The molecule has 2 aromatic heterocycles. The molecule has 0 atom stereocenters. The number of hydrogen-bond acceptors (Lipinski definition) is 4. The maximum Gasteiger partial charge on any atom is 0.267 e. The van der Waals surface area contributed by atoms with Crippen molar-refractivity contribution in [3.63, 3.8) is 0 Å². The average molecular weight is 362 g/mol. The highest BCUT2D eigenvalue weighted by Gasteiger charge is 2.19. The molecule has 138 valence electrons. The van der Waals surface area contributed by atoms with E-state index in [0.29, 0.717) is 0 Å². The van der Waals surface area contributed by atoms with Crippen molar-refractivity contribution in [2.45, 2.75) is 26.4 Å². The zero-order valence-corrected chi connectivity index (χ0v) is 15.2. The second-order valence-electron chi connectivity index (χ2n) is 6.93. The Labute approximate surface area is 157 Å². The summed E-state index contributed by atoms with van der Waals surface area (Å²) >= 11 is 0. The van der Waals surface area contributed by atoms with Crippen LogP contribution in [0, 0.1) is 6.92 Å². The summed E-state index contributed by atoms with van der Waals surface area (Å²) in [5.74, 6) is -0.527. The molecule has 0 unspecified atom stereocenters. The first-order valence-electron chi connectivity index (χ1n) is 9.02. The topological polar surface area (TPSA) is 81.2 Å². The quantitative estimate of drug-likeness (QED) is 0.370. The molecule has 27 heavy (non-hydrogen) atoms. The van der Waals surface area contributed by atoms with E-state index >= 15 is 0 Å². The minimum atomic E-state index is -0.527. The second-order valence-corrected chi connectivity index (χ2v) is 6.93. The molecule has 0 saturated heterocycles. The number of hydrogen-bond donors (Lipinski definition) is 3. The van der Waals surface area contributed by atoms with Crippen molar-refractivity contribution in [2.75, 3.05) is 6.54 Å². The number of benzene rings is 1. The van der Waals surface area contributed by atoms with E-state index in [1.807, 2.05) is 18.3 Å². The number of carbonyl (C=O) groups is 1. The molecule has 0 fully saturated rings. The lowest BCUT2D eigenvalue weighted by atomic mass is 10.1. The van der Waals surface area contributed by atoms with Crippen LogP contribution in [-0.2, 0) is 24.3 Å². The number of aryl methyl sites for hydroxylation is 1. The van der Waals surface area contributed by atoms with Gasteiger partial charge >= 0.3 is 0 Å². The van der Waals surface area contributed by atoms with Gasteiger partial charge in [0.25, 0.3) is 5.91 Å². The SMILES string of the molecule is Cc1[nH]c2ncccc2c1CCN1Cc2ccc(C=CC(=O)NO)cc2C1. The predicted octanol–water partition coefficient (Wildman–Crippen LogP) is 2.95. The lowest BCUT2D eigenvalue weighted by molar-refractivity contribution is -0.124. The fourth-order valence-electron chi connectivity index (χ4n) is 3.75. The molecule has 6 nitrogen and oxygen atoms in total. The Balaban J connectivity index is 1.43. The van der Waals surface area contributed by atoms with Gasteiger partial charge in [0.05, 0.1) is 0 Å². The van der Waals surface area contributed by atoms with Crippen molar-refractivity contribution < 1.29 is 10.0 Å². The number of rotatable bonds is 5. The van der Waals surface area contributed by atoms with Crippen LogP contribution < -0.4 is 5.48 Å². The summed E-state index contributed by atoms with van der Waals surface area (Å²) < 4.78 is 0. The molecular formula is C21H22N4O2. The van der Waals surface area contributed by atoms with E-state index in [0.717, 1.165) is 37.3 Å². The lowest BCUT2D eigenvalue weighted by Crippen LogP contribution is -2.19. The number of nitrogens with one attached hydrogen (secondary N) is 2. The van der Waals surface area contributed by atoms with E-state index in [4.69, 9.17) is 5.21 Å². The zero-order valence-electron chi connectivity index (χ0n) is 15.2. The number of hydroxylamine groups is 1. The molecule has 3 N–H and O–H groups in total. The van der Waals surface area contributed by atoms with Gasteiger partial charge in [-0.15, -0.1) is 0 Å². The summed E-state index contributed by atoms with van der Waals surface area (Å²) in [5.41, 5.74) is 8.66. The summed E-state index contributed by atoms with van der Waals surface area (Å²) in [5, 5.41) is 9.77. The van der Waals surface area contributed by atoms with Gasteiger partial charge in [-0.3, -0.25) is 14.9 Å². The Morgan fingerprint density at radius 1 is 1.33 bits per heavy atom.